The van der Waals surface area contributed by atoms with Gasteiger partial charge in [0.1, 0.15) is 0 Å². The average Bonchev–Trinajstić information content (AvgIpc) is 2.46. The molecule has 18 heavy (non-hydrogen) atoms. The van der Waals surface area contributed by atoms with Crippen molar-refractivity contribution in [2.75, 3.05) is 25.1 Å². The summed E-state index contributed by atoms with van der Waals surface area (Å²) in [6.45, 7) is 2.26. The summed E-state index contributed by atoms with van der Waals surface area (Å²) < 4.78 is 4.58. The number of ether oxygens (including phenoxy) is 1. The van der Waals surface area contributed by atoms with Crippen LogP contribution in [-0.4, -0.2) is 26.2 Å². The van der Waals surface area contributed by atoms with E-state index in [0.29, 0.717) is 0 Å². The van der Waals surface area contributed by atoms with E-state index in [1.807, 2.05) is 12.1 Å². The third kappa shape index (κ3) is 3.36. The van der Waals surface area contributed by atoms with Crippen LogP contribution in [0.2, 0.25) is 0 Å². The lowest BCUT2D eigenvalue weighted by Gasteiger charge is -2.29. The molecule has 96 valence electrons. The highest BCUT2D eigenvalue weighted by atomic mass is 16.5. The van der Waals surface area contributed by atoms with Gasteiger partial charge in [-0.3, -0.25) is 0 Å². The second kappa shape index (κ2) is 6.24. The van der Waals surface area contributed by atoms with Crippen LogP contribution in [0.4, 0.5) is 5.69 Å². The molecule has 1 aliphatic heterocycles. The minimum atomic E-state index is -0.321. The Balaban J connectivity index is 2.09. The van der Waals surface area contributed by atoms with Crippen molar-refractivity contribution < 1.29 is 9.53 Å². The molecule has 3 heteroatoms. The molecule has 3 nitrogen and oxygen atoms in total. The van der Waals surface area contributed by atoms with E-state index in [4.69, 9.17) is 0 Å². The van der Waals surface area contributed by atoms with Crippen LogP contribution in [0.15, 0.2) is 30.3 Å². The zero-order valence-corrected chi connectivity index (χ0v) is 10.8. The Labute approximate surface area is 108 Å². The van der Waals surface area contributed by atoms with Gasteiger partial charge >= 0.3 is 5.97 Å². The van der Waals surface area contributed by atoms with Gasteiger partial charge in [-0.25, -0.2) is 4.79 Å². The molecule has 0 aliphatic carbocycles. The Morgan fingerprint density at radius 1 is 1.28 bits per heavy atom. The van der Waals surface area contributed by atoms with Crippen molar-refractivity contribution in [3.63, 3.8) is 0 Å². The Morgan fingerprint density at radius 2 is 2.06 bits per heavy atom. The molecule has 0 N–H and O–H groups in total. The molecule has 0 aromatic heterocycles. The molecule has 1 aromatic carbocycles. The highest BCUT2D eigenvalue weighted by molar-refractivity contribution is 5.87. The maximum Gasteiger partial charge on any atom is 0.330 e. The molecule has 1 saturated heterocycles. The average molecular weight is 245 g/mol. The van der Waals surface area contributed by atoms with Crippen molar-refractivity contribution in [1.82, 2.24) is 0 Å². The van der Waals surface area contributed by atoms with Crippen molar-refractivity contribution in [2.24, 2.45) is 0 Å². The lowest BCUT2D eigenvalue weighted by molar-refractivity contribution is -0.134. The first-order valence-electron chi connectivity index (χ1n) is 6.40. The first-order chi connectivity index (χ1) is 8.79. The van der Waals surface area contributed by atoms with E-state index in [1.165, 1.54) is 38.1 Å². The summed E-state index contributed by atoms with van der Waals surface area (Å²) in [6, 6.07) is 8.26. The molecule has 2 rings (SSSR count). The van der Waals surface area contributed by atoms with Crippen LogP contribution in [0.5, 0.6) is 0 Å². The number of carbonyl (C=O) groups is 1. The molecular weight excluding hydrogens is 226 g/mol. The lowest BCUT2D eigenvalue weighted by atomic mass is 10.1. The molecule has 1 fully saturated rings. The summed E-state index contributed by atoms with van der Waals surface area (Å²) in [4.78, 5) is 13.5. The fourth-order valence-electron chi connectivity index (χ4n) is 2.21. The van der Waals surface area contributed by atoms with Crippen molar-refractivity contribution in [1.29, 1.82) is 0 Å². The van der Waals surface area contributed by atoms with Crippen molar-refractivity contribution in [3.8, 4) is 0 Å². The van der Waals surface area contributed by atoms with Crippen LogP contribution in [0.25, 0.3) is 6.08 Å². The predicted molar refractivity (Wildman–Crippen MR) is 73.6 cm³/mol. The van der Waals surface area contributed by atoms with Crippen molar-refractivity contribution in [3.05, 3.63) is 35.9 Å². The Hall–Kier alpha value is -1.77. The molecule has 0 amide bonds. The maximum atomic E-state index is 11.1. The number of rotatable bonds is 3. The number of esters is 1. The van der Waals surface area contributed by atoms with Gasteiger partial charge in [-0.15, -0.1) is 0 Å². The van der Waals surface area contributed by atoms with Crippen LogP contribution in [0.3, 0.4) is 0 Å². The van der Waals surface area contributed by atoms with Gasteiger partial charge in [0, 0.05) is 24.9 Å². The summed E-state index contributed by atoms with van der Waals surface area (Å²) in [5.41, 5.74) is 2.27. The van der Waals surface area contributed by atoms with Gasteiger partial charge in [0.2, 0.25) is 0 Å². The van der Waals surface area contributed by atoms with E-state index in [9.17, 15) is 4.79 Å². The minimum absolute atomic E-state index is 0.321. The Bertz CT molecular complexity index is 434. The topological polar surface area (TPSA) is 29.5 Å². The van der Waals surface area contributed by atoms with Gasteiger partial charge in [-0.1, -0.05) is 12.1 Å². The molecule has 0 unspecified atom stereocenters. The van der Waals surface area contributed by atoms with Gasteiger partial charge in [-0.05, 0) is 43.0 Å². The van der Waals surface area contributed by atoms with E-state index in [-0.39, 0.29) is 5.97 Å². The smallest absolute Gasteiger partial charge is 0.330 e. The van der Waals surface area contributed by atoms with Crippen LogP contribution >= 0.6 is 0 Å². The van der Waals surface area contributed by atoms with Gasteiger partial charge in [0.05, 0.1) is 7.11 Å². The monoisotopic (exact) mass is 245 g/mol. The highest BCUT2D eigenvalue weighted by Gasteiger charge is 2.10. The number of nitrogens with zero attached hydrogens (tertiary/aromatic N) is 1. The lowest BCUT2D eigenvalue weighted by Crippen LogP contribution is -2.29. The molecule has 0 saturated carbocycles. The van der Waals surface area contributed by atoms with E-state index in [0.717, 1.165) is 18.7 Å². The predicted octanol–water partition coefficient (Wildman–Crippen LogP) is 2.86. The number of anilines is 1. The summed E-state index contributed by atoms with van der Waals surface area (Å²) in [5.74, 6) is -0.321. The van der Waals surface area contributed by atoms with E-state index >= 15 is 0 Å². The maximum absolute atomic E-state index is 11.1. The standard InChI is InChI=1S/C15H19NO2/c1-18-15(17)9-8-13-6-5-7-14(12-13)16-10-3-2-4-11-16/h5-9,12H,2-4,10-11H2,1H3/b9-8+. The zero-order valence-electron chi connectivity index (χ0n) is 10.8. The molecule has 0 radical (unpaired) electrons. The number of methoxy groups -OCH3 is 1. The molecule has 0 atom stereocenters. The normalized spacial score (nSPS) is 15.9. The van der Waals surface area contributed by atoms with Crippen LogP contribution < -0.4 is 4.90 Å². The van der Waals surface area contributed by atoms with Crippen LogP contribution in [-0.2, 0) is 9.53 Å². The molecule has 1 aliphatic rings. The zero-order chi connectivity index (χ0) is 12.8. The molecule has 1 aromatic rings. The summed E-state index contributed by atoms with van der Waals surface area (Å²) in [7, 11) is 1.39. The van der Waals surface area contributed by atoms with E-state index in [1.54, 1.807) is 6.08 Å². The van der Waals surface area contributed by atoms with E-state index < -0.39 is 0 Å². The number of benzene rings is 1. The quantitative estimate of drug-likeness (QED) is 0.606. The van der Waals surface area contributed by atoms with Gasteiger partial charge in [0.25, 0.3) is 0 Å². The minimum Gasteiger partial charge on any atom is -0.466 e. The third-order valence-electron chi connectivity index (χ3n) is 3.20. The fraction of sp³-hybridized carbons (Fsp3) is 0.400. The SMILES string of the molecule is COC(=O)/C=C/c1cccc(N2CCCCC2)c1. The molecular formula is C15H19NO2. The van der Waals surface area contributed by atoms with Gasteiger partial charge in [-0.2, -0.15) is 0 Å². The van der Waals surface area contributed by atoms with Crippen LogP contribution in [0.1, 0.15) is 24.8 Å². The first kappa shape index (κ1) is 12.7. The second-order valence-corrected chi connectivity index (χ2v) is 4.50. The molecule has 0 spiro atoms. The van der Waals surface area contributed by atoms with Gasteiger partial charge < -0.3 is 9.64 Å². The fourth-order valence-corrected chi connectivity index (χ4v) is 2.21. The van der Waals surface area contributed by atoms with Crippen molar-refractivity contribution in [2.45, 2.75) is 19.3 Å². The highest BCUT2D eigenvalue weighted by Crippen LogP contribution is 2.21. The summed E-state index contributed by atoms with van der Waals surface area (Å²) >= 11 is 0. The van der Waals surface area contributed by atoms with Crippen LogP contribution in [0, 0.1) is 0 Å². The number of carbonyl (C=O) groups excluding carboxylic acids is 1. The number of hydrogen-bond acceptors (Lipinski definition) is 3. The Kier molecular flexibility index (Phi) is 4.40. The molecule has 1 heterocycles. The largest absolute Gasteiger partial charge is 0.466 e. The molecule has 0 bridgehead atoms. The summed E-state index contributed by atoms with van der Waals surface area (Å²) in [6.07, 6.45) is 7.11. The number of hydrogen-bond donors (Lipinski definition) is 0. The van der Waals surface area contributed by atoms with Gasteiger partial charge in [0.15, 0.2) is 0 Å². The van der Waals surface area contributed by atoms with E-state index in [2.05, 4.69) is 21.8 Å². The number of piperidine rings is 1. The summed E-state index contributed by atoms with van der Waals surface area (Å²) in [5, 5.41) is 0. The first-order valence-corrected chi connectivity index (χ1v) is 6.40. The third-order valence-corrected chi connectivity index (χ3v) is 3.20. The van der Waals surface area contributed by atoms with Crippen molar-refractivity contribution >= 4 is 17.7 Å². The Morgan fingerprint density at radius 3 is 2.78 bits per heavy atom. The second-order valence-electron chi connectivity index (χ2n) is 4.50.